The van der Waals surface area contributed by atoms with Gasteiger partial charge in [-0.25, -0.2) is 8.78 Å². The fraction of sp³-hybridized carbons (Fsp3) is 0.182. The van der Waals surface area contributed by atoms with Crippen LogP contribution in [0.15, 0.2) is 42.5 Å². The second kappa shape index (κ2) is 8.56. The van der Waals surface area contributed by atoms with Crippen LogP contribution in [0.1, 0.15) is 36.8 Å². The van der Waals surface area contributed by atoms with Gasteiger partial charge in [0.15, 0.2) is 0 Å². The molecule has 0 unspecified atom stereocenters. The van der Waals surface area contributed by atoms with Crippen molar-refractivity contribution in [1.82, 2.24) is 0 Å². The molecule has 1 fully saturated rings. The molecule has 1 radical (unpaired) electrons. The van der Waals surface area contributed by atoms with E-state index in [-0.39, 0.29) is 62.7 Å². The van der Waals surface area contributed by atoms with Crippen LogP contribution in [0.25, 0.3) is 17.2 Å². The van der Waals surface area contributed by atoms with Gasteiger partial charge in [0.1, 0.15) is 11.6 Å². The molecule has 0 N–H and O–H groups in total. The van der Waals surface area contributed by atoms with Gasteiger partial charge in [0.05, 0.1) is 0 Å². The van der Waals surface area contributed by atoms with Crippen LogP contribution in [-0.4, -0.2) is 0 Å². The molecule has 1 saturated carbocycles. The minimum absolute atomic E-state index is 0. The Bertz CT molecular complexity index is 1170. The predicted molar refractivity (Wildman–Crippen MR) is 91.2 cm³/mol. The predicted octanol–water partition coefficient (Wildman–Crippen LogP) is -2.05. The Morgan fingerprint density at radius 3 is 2.37 bits per heavy atom. The van der Waals surface area contributed by atoms with E-state index in [0.717, 1.165) is 63.3 Å². The summed E-state index contributed by atoms with van der Waals surface area (Å²) in [6.45, 7) is 0. The van der Waals surface area contributed by atoms with Gasteiger partial charge in [-0.1, -0.05) is 53.1 Å². The number of hydrogen-bond acceptors (Lipinski definition) is 0. The first-order chi connectivity index (χ1) is 11.7. The Kier molecular flexibility index (Phi) is 7.06. The molecule has 2 aromatic rings. The van der Waals surface area contributed by atoms with E-state index in [0.29, 0.717) is 0 Å². The molecule has 0 bridgehead atoms. The van der Waals surface area contributed by atoms with Crippen molar-refractivity contribution >= 4 is 17.2 Å². The van der Waals surface area contributed by atoms with Crippen LogP contribution in [-0.2, 0) is 26.2 Å². The van der Waals surface area contributed by atoms with E-state index in [1.807, 2.05) is 6.08 Å². The zero-order valence-corrected chi connectivity index (χ0v) is 18.4. The number of rotatable bonds is 1. The molecule has 27 heavy (non-hydrogen) atoms. The molecule has 0 atom stereocenters. The molecule has 2 aromatic carbocycles. The fourth-order valence-corrected chi connectivity index (χ4v) is 3.88. The SMILES string of the molecule is Fc1ccc2c(c1)=c1cc(F)c(=C3CCC3)c(C3=CC=CC3)c1[C-]=2.[Cl-].[Cl-].[Zr+3]. The molecule has 0 heterocycles. The van der Waals surface area contributed by atoms with Gasteiger partial charge in [-0.2, -0.15) is 0 Å². The van der Waals surface area contributed by atoms with Crippen LogP contribution in [0, 0.1) is 22.1 Å². The Labute approximate surface area is 188 Å². The molecule has 135 valence electrons. The van der Waals surface area contributed by atoms with Crippen molar-refractivity contribution in [3.8, 4) is 0 Å². The molecular weight excluding hydrogens is 464 g/mol. The van der Waals surface area contributed by atoms with Gasteiger partial charge >= 0.3 is 26.2 Å². The summed E-state index contributed by atoms with van der Waals surface area (Å²) in [5.41, 5.74) is 4.20. The molecule has 3 aliphatic rings. The number of hydrogen-bond donors (Lipinski definition) is 0. The van der Waals surface area contributed by atoms with Crippen molar-refractivity contribution in [3.63, 3.8) is 0 Å². The third kappa shape index (κ3) is 3.55. The van der Waals surface area contributed by atoms with Crippen LogP contribution >= 0.6 is 0 Å². The average molecular weight is 479 g/mol. The van der Waals surface area contributed by atoms with Crippen LogP contribution in [0.3, 0.4) is 0 Å². The van der Waals surface area contributed by atoms with Crippen LogP contribution in [0.4, 0.5) is 8.78 Å². The van der Waals surface area contributed by atoms with E-state index in [4.69, 9.17) is 0 Å². The minimum Gasteiger partial charge on any atom is -1.00 e. The molecule has 0 aliphatic heterocycles. The van der Waals surface area contributed by atoms with Crippen molar-refractivity contribution in [2.24, 2.45) is 0 Å². The number of halogens is 4. The van der Waals surface area contributed by atoms with E-state index >= 15 is 4.39 Å². The average Bonchev–Trinajstić information content (AvgIpc) is 3.14. The van der Waals surface area contributed by atoms with Gasteiger partial charge in [0, 0.05) is 0 Å². The quantitative estimate of drug-likeness (QED) is 0.353. The number of fused-ring (bicyclic) bond motifs is 2. The van der Waals surface area contributed by atoms with Crippen molar-refractivity contribution in [1.29, 1.82) is 0 Å². The smallest absolute Gasteiger partial charge is 1.00 e. The van der Waals surface area contributed by atoms with Gasteiger partial charge in [-0.15, -0.1) is 33.4 Å². The Morgan fingerprint density at radius 2 is 1.74 bits per heavy atom. The second-order valence-electron chi connectivity index (χ2n) is 6.63. The van der Waals surface area contributed by atoms with Gasteiger partial charge in [-0.3, -0.25) is 0 Å². The second-order valence-corrected chi connectivity index (χ2v) is 6.63. The molecule has 0 saturated heterocycles. The van der Waals surface area contributed by atoms with E-state index < -0.39 is 0 Å². The first kappa shape index (κ1) is 22.3. The Hall–Kier alpha value is -1.02. The summed E-state index contributed by atoms with van der Waals surface area (Å²) in [7, 11) is 0. The zero-order valence-electron chi connectivity index (χ0n) is 14.4. The van der Waals surface area contributed by atoms with E-state index in [9.17, 15) is 4.39 Å². The van der Waals surface area contributed by atoms with Crippen LogP contribution in [0.2, 0.25) is 0 Å². The fourth-order valence-electron chi connectivity index (χ4n) is 3.88. The molecule has 0 amide bonds. The Morgan fingerprint density at radius 1 is 0.963 bits per heavy atom. The van der Waals surface area contributed by atoms with Gasteiger partial charge < -0.3 is 24.8 Å². The summed E-state index contributed by atoms with van der Waals surface area (Å²) < 4.78 is 28.7. The molecule has 0 spiro atoms. The maximum Gasteiger partial charge on any atom is 3.00 e. The molecule has 5 rings (SSSR count). The van der Waals surface area contributed by atoms with E-state index in [1.54, 1.807) is 12.1 Å². The topological polar surface area (TPSA) is 0 Å². The van der Waals surface area contributed by atoms with Gasteiger partial charge in [-0.05, 0) is 30.9 Å². The third-order valence-corrected chi connectivity index (χ3v) is 5.21. The van der Waals surface area contributed by atoms with Crippen molar-refractivity contribution in [3.05, 3.63) is 86.1 Å². The molecule has 3 aliphatic carbocycles. The standard InChI is InChI=1S/C22H15F2.2ClH.Zr/c23-16-9-8-15-10-19-18(17(15)11-16)12-20(24)22(14-6-3-7-14)21(19)13-4-1-2-5-13;;;/h1-2,4,8-9,11-12H,3,5-7H2;2*1H;/q-1;;;+3/p-2. The number of allylic oxidation sites excluding steroid dienone is 4. The summed E-state index contributed by atoms with van der Waals surface area (Å²) in [6.07, 6.45) is 13.4. The third-order valence-electron chi connectivity index (χ3n) is 5.21. The van der Waals surface area contributed by atoms with Crippen LogP contribution < -0.4 is 35.3 Å². The van der Waals surface area contributed by atoms with Crippen molar-refractivity contribution in [2.45, 2.75) is 25.7 Å². The summed E-state index contributed by atoms with van der Waals surface area (Å²) in [5, 5.41) is 3.10. The molecule has 5 heteroatoms. The van der Waals surface area contributed by atoms with Crippen molar-refractivity contribution < 1.29 is 59.8 Å². The van der Waals surface area contributed by atoms with Gasteiger partial charge in [0.25, 0.3) is 0 Å². The zero-order chi connectivity index (χ0) is 16.3. The summed E-state index contributed by atoms with van der Waals surface area (Å²) >= 11 is 0. The van der Waals surface area contributed by atoms with Crippen molar-refractivity contribution in [2.75, 3.05) is 0 Å². The maximum atomic E-state index is 15.0. The largest absolute Gasteiger partial charge is 3.00 e. The summed E-state index contributed by atoms with van der Waals surface area (Å²) in [4.78, 5) is 0. The van der Waals surface area contributed by atoms with E-state index in [1.165, 1.54) is 17.7 Å². The monoisotopic (exact) mass is 477 g/mol. The minimum atomic E-state index is -0.301. The summed E-state index contributed by atoms with van der Waals surface area (Å²) in [6, 6.07) is 6.21. The maximum absolute atomic E-state index is 15.0. The molecule has 0 nitrogen and oxygen atoms in total. The summed E-state index contributed by atoms with van der Waals surface area (Å²) in [5.74, 6) is -0.491. The van der Waals surface area contributed by atoms with Crippen LogP contribution in [0.5, 0.6) is 0 Å². The Balaban J connectivity index is 0.000000871. The first-order valence-corrected chi connectivity index (χ1v) is 8.37. The van der Waals surface area contributed by atoms with E-state index in [2.05, 4.69) is 18.2 Å². The molecule has 0 aromatic heterocycles. The number of benzene rings is 2. The first-order valence-electron chi connectivity index (χ1n) is 8.37. The normalized spacial score (nSPS) is 15.3. The molecular formula is C22H15Cl2F2Zr. The van der Waals surface area contributed by atoms with Gasteiger partial charge in [0.2, 0.25) is 0 Å².